The van der Waals surface area contributed by atoms with E-state index in [1.165, 1.54) is 22.3 Å². The molecule has 0 unspecified atom stereocenters. The van der Waals surface area contributed by atoms with Crippen LogP contribution < -0.4 is 9.80 Å². The number of hydrogen-bond acceptors (Lipinski definition) is 3. The van der Waals surface area contributed by atoms with Crippen LogP contribution in [-0.2, 0) is 5.41 Å². The zero-order chi connectivity index (χ0) is 38.6. The summed E-state index contributed by atoms with van der Waals surface area (Å²) in [4.78, 5) is 9.26. The van der Waals surface area contributed by atoms with Gasteiger partial charge in [0.15, 0.2) is 0 Å². The van der Waals surface area contributed by atoms with E-state index in [1.54, 1.807) is 0 Å². The van der Waals surface area contributed by atoms with Crippen LogP contribution in [0, 0.1) is 23.7 Å². The van der Waals surface area contributed by atoms with E-state index in [-0.39, 0.29) is 5.41 Å². The third-order valence-electron chi connectivity index (χ3n) is 10.5. The lowest BCUT2D eigenvalue weighted by atomic mass is 9.82. The third kappa shape index (κ3) is 7.19. The summed E-state index contributed by atoms with van der Waals surface area (Å²) in [5, 5.41) is 0. The molecule has 0 bridgehead atoms. The molecule has 8 aromatic rings. The van der Waals surface area contributed by atoms with E-state index in [9.17, 15) is 0 Å². The van der Waals surface area contributed by atoms with Gasteiger partial charge in [-0.15, -0.1) is 0 Å². The standard InChI is InChI=1S/C54H39N3/c1-54(2)51-37-42(31-34-49(51)50-35-33-48(38-52(50)54)56(44-15-7-3-8-16-44)45-17-9-4-10-18-45)29-27-40-23-25-41(26-24-40)28-30-43-32-36-53(55-39-43)57(46-19-11-5-12-20-46)47-21-13-6-14-22-47/h3-26,31-39H,1-2H3. The maximum atomic E-state index is 4.79. The van der Waals surface area contributed by atoms with Crippen LogP contribution in [0.15, 0.2) is 200 Å². The van der Waals surface area contributed by atoms with Crippen molar-refractivity contribution < 1.29 is 0 Å². The van der Waals surface area contributed by atoms with Gasteiger partial charge < -0.3 is 4.90 Å². The average molecular weight is 730 g/mol. The molecule has 3 nitrogen and oxygen atoms in total. The lowest BCUT2D eigenvalue weighted by Crippen LogP contribution is -2.16. The highest BCUT2D eigenvalue weighted by atomic mass is 15.2. The van der Waals surface area contributed by atoms with Crippen molar-refractivity contribution in [1.29, 1.82) is 0 Å². The van der Waals surface area contributed by atoms with Crippen LogP contribution in [0.2, 0.25) is 0 Å². The van der Waals surface area contributed by atoms with Gasteiger partial charge in [-0.25, -0.2) is 4.98 Å². The molecule has 0 fully saturated rings. The van der Waals surface area contributed by atoms with Crippen LogP contribution in [0.1, 0.15) is 47.2 Å². The van der Waals surface area contributed by atoms with E-state index in [4.69, 9.17) is 4.98 Å². The van der Waals surface area contributed by atoms with Crippen LogP contribution in [-0.4, -0.2) is 4.98 Å². The minimum absolute atomic E-state index is 0.184. The molecule has 0 saturated heterocycles. The van der Waals surface area contributed by atoms with Crippen LogP contribution in [0.4, 0.5) is 34.3 Å². The first-order valence-electron chi connectivity index (χ1n) is 19.2. The fourth-order valence-corrected chi connectivity index (χ4v) is 7.63. The monoisotopic (exact) mass is 729 g/mol. The highest BCUT2D eigenvalue weighted by molar-refractivity contribution is 5.86. The molecule has 1 aromatic heterocycles. The van der Waals surface area contributed by atoms with Gasteiger partial charge in [0.1, 0.15) is 5.82 Å². The highest BCUT2D eigenvalue weighted by Gasteiger charge is 2.36. The fraction of sp³-hybridized carbons (Fsp3) is 0.0556. The van der Waals surface area contributed by atoms with Gasteiger partial charge in [0.25, 0.3) is 0 Å². The Morgan fingerprint density at radius 2 is 0.772 bits per heavy atom. The van der Waals surface area contributed by atoms with Gasteiger partial charge in [0, 0.05) is 62.3 Å². The number of hydrogen-bond donors (Lipinski definition) is 0. The number of fused-ring (bicyclic) bond motifs is 3. The van der Waals surface area contributed by atoms with Crippen molar-refractivity contribution in [2.24, 2.45) is 0 Å². The molecule has 0 amide bonds. The molecule has 0 spiro atoms. The average Bonchev–Trinajstić information content (AvgIpc) is 3.49. The number of para-hydroxylation sites is 4. The summed E-state index contributed by atoms with van der Waals surface area (Å²) in [7, 11) is 0. The predicted octanol–water partition coefficient (Wildman–Crippen LogP) is 13.1. The molecule has 3 heteroatoms. The highest BCUT2D eigenvalue weighted by Crippen LogP contribution is 2.51. The number of benzene rings is 7. The largest absolute Gasteiger partial charge is 0.310 e. The van der Waals surface area contributed by atoms with Crippen LogP contribution in [0.3, 0.4) is 0 Å². The number of nitrogens with zero attached hydrogens (tertiary/aromatic N) is 3. The molecule has 0 atom stereocenters. The zero-order valence-corrected chi connectivity index (χ0v) is 31.9. The summed E-state index contributed by atoms with van der Waals surface area (Å²) in [6, 6.07) is 67.4. The van der Waals surface area contributed by atoms with E-state index in [0.717, 1.165) is 56.5 Å². The SMILES string of the molecule is CC1(C)c2cc(C#Cc3ccc(C#Cc4ccc(N(c5ccccc5)c5ccccc5)nc4)cc3)ccc2-c2ccc(N(c3ccccc3)c3ccccc3)cc21. The summed E-state index contributed by atoms with van der Waals surface area (Å²) < 4.78 is 0. The third-order valence-corrected chi connectivity index (χ3v) is 10.5. The molecular weight excluding hydrogens is 691 g/mol. The normalized spacial score (nSPS) is 11.9. The van der Waals surface area contributed by atoms with Gasteiger partial charge in [-0.05, 0) is 131 Å². The molecule has 1 aliphatic rings. The van der Waals surface area contributed by atoms with Crippen LogP contribution in [0.5, 0.6) is 0 Å². The van der Waals surface area contributed by atoms with Gasteiger partial charge in [0.05, 0.1) is 0 Å². The lowest BCUT2D eigenvalue weighted by molar-refractivity contribution is 0.660. The summed E-state index contributed by atoms with van der Waals surface area (Å²) in [5.41, 5.74) is 14.2. The van der Waals surface area contributed by atoms with E-state index in [0.29, 0.717) is 0 Å². The quantitative estimate of drug-likeness (QED) is 0.159. The van der Waals surface area contributed by atoms with E-state index in [2.05, 4.69) is 169 Å². The van der Waals surface area contributed by atoms with Gasteiger partial charge >= 0.3 is 0 Å². The molecular formula is C54H39N3. The molecule has 7 aromatic carbocycles. The Morgan fingerprint density at radius 1 is 0.368 bits per heavy atom. The first-order chi connectivity index (χ1) is 28.0. The Labute approximate surface area is 335 Å². The summed E-state index contributed by atoms with van der Waals surface area (Å²) >= 11 is 0. The minimum atomic E-state index is -0.184. The number of anilines is 6. The van der Waals surface area contributed by atoms with Gasteiger partial charge in [-0.1, -0.05) is 122 Å². The van der Waals surface area contributed by atoms with Crippen LogP contribution >= 0.6 is 0 Å². The molecule has 9 rings (SSSR count). The lowest BCUT2D eigenvalue weighted by Gasteiger charge is -2.28. The summed E-state index contributed by atoms with van der Waals surface area (Å²) in [6.45, 7) is 4.64. The smallest absolute Gasteiger partial charge is 0.137 e. The molecule has 1 aliphatic carbocycles. The van der Waals surface area contributed by atoms with Crippen LogP contribution in [0.25, 0.3) is 11.1 Å². The van der Waals surface area contributed by atoms with Gasteiger partial charge in [-0.3, -0.25) is 4.90 Å². The minimum Gasteiger partial charge on any atom is -0.310 e. The number of pyridine rings is 1. The second-order valence-corrected chi connectivity index (χ2v) is 14.6. The van der Waals surface area contributed by atoms with Crippen molar-refractivity contribution in [3.05, 3.63) is 234 Å². The molecule has 0 aliphatic heterocycles. The van der Waals surface area contributed by atoms with Crippen molar-refractivity contribution in [1.82, 2.24) is 4.98 Å². The fourth-order valence-electron chi connectivity index (χ4n) is 7.63. The topological polar surface area (TPSA) is 19.4 Å². The Bertz CT molecular complexity index is 2710. The Kier molecular flexibility index (Phi) is 9.41. The Hall–Kier alpha value is -7.59. The molecule has 1 heterocycles. The second-order valence-electron chi connectivity index (χ2n) is 14.6. The van der Waals surface area contributed by atoms with E-state index in [1.807, 2.05) is 79.0 Å². The summed E-state index contributed by atoms with van der Waals surface area (Å²) in [6.07, 6.45) is 1.83. The molecule has 270 valence electrons. The summed E-state index contributed by atoms with van der Waals surface area (Å²) in [5.74, 6) is 14.2. The van der Waals surface area contributed by atoms with Gasteiger partial charge in [0.2, 0.25) is 0 Å². The number of aromatic nitrogens is 1. The van der Waals surface area contributed by atoms with Crippen molar-refractivity contribution in [3.63, 3.8) is 0 Å². The molecule has 57 heavy (non-hydrogen) atoms. The number of rotatable bonds is 6. The second kappa shape index (κ2) is 15.3. The molecule has 0 saturated carbocycles. The molecule has 0 radical (unpaired) electrons. The molecule has 0 N–H and O–H groups in total. The maximum absolute atomic E-state index is 4.79. The zero-order valence-electron chi connectivity index (χ0n) is 31.9. The van der Waals surface area contributed by atoms with Crippen molar-refractivity contribution in [2.75, 3.05) is 9.80 Å². The Morgan fingerprint density at radius 3 is 1.26 bits per heavy atom. The first kappa shape index (κ1) is 35.1. The van der Waals surface area contributed by atoms with Gasteiger partial charge in [-0.2, -0.15) is 0 Å². The van der Waals surface area contributed by atoms with E-state index < -0.39 is 0 Å². The first-order valence-corrected chi connectivity index (χ1v) is 19.2. The van der Waals surface area contributed by atoms with Crippen molar-refractivity contribution in [3.8, 4) is 34.8 Å². The van der Waals surface area contributed by atoms with Crippen molar-refractivity contribution >= 4 is 34.3 Å². The Balaban J connectivity index is 0.916. The van der Waals surface area contributed by atoms with E-state index >= 15 is 0 Å². The van der Waals surface area contributed by atoms with Crippen molar-refractivity contribution in [2.45, 2.75) is 19.3 Å². The maximum Gasteiger partial charge on any atom is 0.137 e. The predicted molar refractivity (Wildman–Crippen MR) is 236 cm³/mol.